The van der Waals surface area contributed by atoms with E-state index in [0.29, 0.717) is 10.7 Å². The van der Waals surface area contributed by atoms with E-state index in [1.54, 1.807) is 25.1 Å². The third-order valence-corrected chi connectivity index (χ3v) is 3.87. The minimum absolute atomic E-state index is 0.0665. The van der Waals surface area contributed by atoms with Gasteiger partial charge in [-0.2, -0.15) is 5.10 Å². The molecule has 17 heavy (non-hydrogen) atoms. The summed E-state index contributed by atoms with van der Waals surface area (Å²) in [6.07, 6.45) is 2.53. The SMILES string of the molecule is Cc1cccc(Cl)c1NS(=O)(=O)c1cn[nH]c1. The van der Waals surface area contributed by atoms with Crippen LogP contribution in [-0.2, 0) is 10.0 Å². The number of benzene rings is 1. The maximum atomic E-state index is 11.9. The van der Waals surface area contributed by atoms with Crippen LogP contribution in [0.25, 0.3) is 0 Å². The lowest BCUT2D eigenvalue weighted by molar-refractivity contribution is 0.601. The van der Waals surface area contributed by atoms with Gasteiger partial charge >= 0.3 is 0 Å². The Morgan fingerprint density at radius 1 is 1.41 bits per heavy atom. The highest BCUT2D eigenvalue weighted by atomic mass is 35.5. The number of aromatic nitrogens is 2. The van der Waals surface area contributed by atoms with Gasteiger partial charge in [0.2, 0.25) is 0 Å². The van der Waals surface area contributed by atoms with E-state index in [1.165, 1.54) is 12.4 Å². The maximum Gasteiger partial charge on any atom is 0.265 e. The predicted molar refractivity (Wildman–Crippen MR) is 65.6 cm³/mol. The first-order valence-electron chi connectivity index (χ1n) is 4.77. The van der Waals surface area contributed by atoms with Gasteiger partial charge in [0.15, 0.2) is 0 Å². The molecule has 0 saturated heterocycles. The molecule has 5 nitrogen and oxygen atoms in total. The lowest BCUT2D eigenvalue weighted by Gasteiger charge is -2.10. The summed E-state index contributed by atoms with van der Waals surface area (Å²) in [6, 6.07) is 5.16. The minimum Gasteiger partial charge on any atom is -0.284 e. The summed E-state index contributed by atoms with van der Waals surface area (Å²) >= 11 is 5.95. The number of anilines is 1. The minimum atomic E-state index is -3.64. The normalized spacial score (nSPS) is 11.4. The Kier molecular flexibility index (Phi) is 3.08. The summed E-state index contributed by atoms with van der Waals surface area (Å²) in [4.78, 5) is 0.0665. The predicted octanol–water partition coefficient (Wildman–Crippen LogP) is 2.17. The number of aryl methyl sites for hydroxylation is 1. The molecule has 0 fully saturated rings. The van der Waals surface area contributed by atoms with Crippen molar-refractivity contribution in [2.75, 3.05) is 4.72 Å². The number of halogens is 1. The van der Waals surface area contributed by atoms with Crippen molar-refractivity contribution in [3.05, 3.63) is 41.2 Å². The van der Waals surface area contributed by atoms with Crippen molar-refractivity contribution in [3.8, 4) is 0 Å². The molecule has 0 aliphatic heterocycles. The Hall–Kier alpha value is -1.53. The second-order valence-electron chi connectivity index (χ2n) is 3.47. The van der Waals surface area contributed by atoms with E-state index in [0.717, 1.165) is 5.56 Å². The summed E-state index contributed by atoms with van der Waals surface area (Å²) in [5, 5.41) is 6.40. The molecule has 2 aromatic rings. The first-order chi connectivity index (χ1) is 8.00. The van der Waals surface area contributed by atoms with E-state index in [9.17, 15) is 8.42 Å². The topological polar surface area (TPSA) is 74.8 Å². The summed E-state index contributed by atoms with van der Waals surface area (Å²) in [5.41, 5.74) is 1.14. The zero-order chi connectivity index (χ0) is 12.5. The van der Waals surface area contributed by atoms with Gasteiger partial charge in [-0.15, -0.1) is 0 Å². The highest BCUT2D eigenvalue weighted by Gasteiger charge is 2.17. The fourth-order valence-corrected chi connectivity index (χ4v) is 2.72. The Labute approximate surface area is 104 Å². The number of hydrogen-bond acceptors (Lipinski definition) is 3. The Morgan fingerprint density at radius 3 is 2.76 bits per heavy atom. The molecule has 0 bridgehead atoms. The number of rotatable bonds is 3. The van der Waals surface area contributed by atoms with Gasteiger partial charge in [0.1, 0.15) is 4.90 Å². The number of sulfonamides is 1. The summed E-state index contributed by atoms with van der Waals surface area (Å²) < 4.78 is 26.3. The van der Waals surface area contributed by atoms with Gasteiger partial charge in [-0.3, -0.25) is 9.82 Å². The molecular weight excluding hydrogens is 262 g/mol. The molecule has 90 valence electrons. The lowest BCUT2D eigenvalue weighted by Crippen LogP contribution is -2.13. The average molecular weight is 272 g/mol. The second kappa shape index (κ2) is 4.38. The van der Waals surface area contributed by atoms with Crippen LogP contribution in [-0.4, -0.2) is 18.6 Å². The fraction of sp³-hybridized carbons (Fsp3) is 0.100. The molecule has 1 aromatic heterocycles. The summed E-state index contributed by atoms with van der Waals surface area (Å²) in [7, 11) is -3.64. The van der Waals surface area contributed by atoms with E-state index >= 15 is 0 Å². The zero-order valence-corrected chi connectivity index (χ0v) is 10.5. The quantitative estimate of drug-likeness (QED) is 0.898. The van der Waals surface area contributed by atoms with Crippen molar-refractivity contribution in [1.82, 2.24) is 10.2 Å². The fourth-order valence-electron chi connectivity index (χ4n) is 1.34. The maximum absolute atomic E-state index is 11.9. The third kappa shape index (κ3) is 2.42. The van der Waals surface area contributed by atoms with Crippen molar-refractivity contribution < 1.29 is 8.42 Å². The molecule has 0 unspecified atom stereocenters. The van der Waals surface area contributed by atoms with E-state index < -0.39 is 10.0 Å². The van der Waals surface area contributed by atoms with Crippen LogP contribution in [0.5, 0.6) is 0 Å². The number of hydrogen-bond donors (Lipinski definition) is 2. The largest absolute Gasteiger partial charge is 0.284 e. The second-order valence-corrected chi connectivity index (χ2v) is 5.56. The van der Waals surface area contributed by atoms with Crippen LogP contribution in [0.4, 0.5) is 5.69 Å². The van der Waals surface area contributed by atoms with Gasteiger partial charge in [0, 0.05) is 6.20 Å². The summed E-state index contributed by atoms with van der Waals surface area (Å²) in [5.74, 6) is 0. The van der Waals surface area contributed by atoms with Gasteiger partial charge in [-0.05, 0) is 18.6 Å². The Morgan fingerprint density at radius 2 is 2.18 bits per heavy atom. The monoisotopic (exact) mass is 271 g/mol. The average Bonchev–Trinajstić information content (AvgIpc) is 2.77. The van der Waals surface area contributed by atoms with Gasteiger partial charge in [-0.25, -0.2) is 8.42 Å². The number of aromatic amines is 1. The van der Waals surface area contributed by atoms with Gasteiger partial charge in [-0.1, -0.05) is 23.7 Å². The molecule has 0 saturated carbocycles. The van der Waals surface area contributed by atoms with E-state index in [-0.39, 0.29) is 4.90 Å². The molecule has 2 rings (SSSR count). The molecule has 1 heterocycles. The number of para-hydroxylation sites is 1. The van der Waals surface area contributed by atoms with Crippen LogP contribution in [0.3, 0.4) is 0 Å². The highest BCUT2D eigenvalue weighted by molar-refractivity contribution is 7.92. The smallest absolute Gasteiger partial charge is 0.265 e. The van der Waals surface area contributed by atoms with Crippen LogP contribution >= 0.6 is 11.6 Å². The first kappa shape index (κ1) is 11.9. The van der Waals surface area contributed by atoms with Gasteiger partial charge in [0.05, 0.1) is 16.9 Å². The molecule has 0 amide bonds. The molecule has 0 radical (unpaired) electrons. The first-order valence-corrected chi connectivity index (χ1v) is 6.63. The van der Waals surface area contributed by atoms with E-state index in [1.807, 2.05) is 0 Å². The molecule has 0 atom stereocenters. The van der Waals surface area contributed by atoms with Crippen LogP contribution in [0, 0.1) is 6.92 Å². The van der Waals surface area contributed by atoms with E-state index in [2.05, 4.69) is 14.9 Å². The number of nitrogens with zero attached hydrogens (tertiary/aromatic N) is 1. The number of nitrogens with one attached hydrogen (secondary N) is 2. The van der Waals surface area contributed by atoms with Crippen molar-refractivity contribution >= 4 is 27.3 Å². The van der Waals surface area contributed by atoms with Crippen LogP contribution in [0.2, 0.25) is 5.02 Å². The Balaban J connectivity index is 2.40. The zero-order valence-electron chi connectivity index (χ0n) is 8.94. The standard InChI is InChI=1S/C10H10ClN3O2S/c1-7-3-2-4-9(11)10(7)14-17(15,16)8-5-12-13-6-8/h2-6,14H,1H3,(H,12,13). The molecule has 0 aliphatic rings. The van der Waals surface area contributed by atoms with Crippen LogP contribution in [0.15, 0.2) is 35.5 Å². The highest BCUT2D eigenvalue weighted by Crippen LogP contribution is 2.27. The third-order valence-electron chi connectivity index (χ3n) is 2.24. The molecule has 0 spiro atoms. The van der Waals surface area contributed by atoms with Crippen molar-refractivity contribution in [2.24, 2.45) is 0 Å². The van der Waals surface area contributed by atoms with Crippen LogP contribution < -0.4 is 4.72 Å². The van der Waals surface area contributed by atoms with Gasteiger partial charge < -0.3 is 0 Å². The molecule has 1 aromatic carbocycles. The molecule has 2 N–H and O–H groups in total. The summed E-state index contributed by atoms with van der Waals surface area (Å²) in [6.45, 7) is 1.78. The number of H-pyrrole nitrogens is 1. The van der Waals surface area contributed by atoms with Crippen LogP contribution in [0.1, 0.15) is 5.56 Å². The van der Waals surface area contributed by atoms with Gasteiger partial charge in [0.25, 0.3) is 10.0 Å². The molecular formula is C10H10ClN3O2S. The van der Waals surface area contributed by atoms with Crippen molar-refractivity contribution in [1.29, 1.82) is 0 Å². The Bertz CT molecular complexity index is 603. The molecule has 0 aliphatic carbocycles. The molecule has 7 heteroatoms. The van der Waals surface area contributed by atoms with Crippen molar-refractivity contribution in [3.63, 3.8) is 0 Å². The van der Waals surface area contributed by atoms with E-state index in [4.69, 9.17) is 11.6 Å². The van der Waals surface area contributed by atoms with Crippen molar-refractivity contribution in [2.45, 2.75) is 11.8 Å². The lowest BCUT2D eigenvalue weighted by atomic mass is 10.2.